The molecule has 3 bridgehead atoms. The molecule has 5 fully saturated rings. The van der Waals surface area contributed by atoms with Gasteiger partial charge < -0.3 is 39.4 Å². The maximum atomic E-state index is 13.6. The van der Waals surface area contributed by atoms with E-state index in [2.05, 4.69) is 13.5 Å². The number of carbonyl (C=O) groups is 1. The fourth-order valence-electron chi connectivity index (χ4n) is 9.24. The Morgan fingerprint density at radius 2 is 1.63 bits per heavy atom. The summed E-state index contributed by atoms with van der Waals surface area (Å²) < 4.78 is 26.5. The third-order valence-electron chi connectivity index (χ3n) is 11.5. The quantitative estimate of drug-likeness (QED) is 0.119. The van der Waals surface area contributed by atoms with Gasteiger partial charge in [-0.2, -0.15) is 0 Å². The Labute approximate surface area is 242 Å². The molecule has 0 spiro atoms. The summed E-state index contributed by atoms with van der Waals surface area (Å²) in [7, 11) is 0. The zero-order valence-corrected chi connectivity index (χ0v) is 25.0. The highest BCUT2D eigenvalue weighted by molar-refractivity contribution is 6.05. The molecule has 0 aromatic carbocycles. The van der Waals surface area contributed by atoms with Crippen molar-refractivity contribution in [2.45, 2.75) is 145 Å². The lowest BCUT2D eigenvalue weighted by atomic mass is 9.54. The molecule has 0 unspecified atom stereocenters. The molecule has 3 heterocycles. The van der Waals surface area contributed by atoms with Crippen LogP contribution in [0.1, 0.15) is 98.3 Å². The third-order valence-corrected chi connectivity index (χ3v) is 11.5. The van der Waals surface area contributed by atoms with Crippen LogP contribution in [0.5, 0.6) is 0 Å². The zero-order valence-electron chi connectivity index (χ0n) is 25.0. The maximum absolute atomic E-state index is 13.6. The molecule has 9 heteroatoms. The minimum atomic E-state index is -3.07. The molecule has 3 aliphatic heterocycles. The van der Waals surface area contributed by atoms with Gasteiger partial charge in [0.25, 0.3) is 5.97 Å². The molecule has 3 aliphatic carbocycles. The number of carbonyl (C=O) groups excluding carboxylic acids is 1. The largest absolute Gasteiger partial charge is 0.393 e. The summed E-state index contributed by atoms with van der Waals surface area (Å²) in [6.07, 6.45) is 11.3. The lowest BCUT2D eigenvalue weighted by molar-refractivity contribution is -0.434. The number of hydrogen-bond donors (Lipinski definition) is 4. The van der Waals surface area contributed by atoms with E-state index in [1.807, 2.05) is 13.8 Å². The number of unbranched alkanes of at least 4 members (excludes halogenated alkanes) is 8. The predicted octanol–water partition coefficient (Wildman–Crippen LogP) is 3.42. The van der Waals surface area contributed by atoms with Crippen molar-refractivity contribution in [1.29, 1.82) is 0 Å². The smallest absolute Gasteiger partial charge is 0.284 e. The second kappa shape index (κ2) is 9.66. The van der Waals surface area contributed by atoms with E-state index < -0.39 is 70.6 Å². The summed E-state index contributed by atoms with van der Waals surface area (Å²) in [6.45, 7) is 11.2. The van der Waals surface area contributed by atoms with Crippen LogP contribution in [0.3, 0.4) is 0 Å². The molecule has 230 valence electrons. The second-order valence-electron chi connectivity index (χ2n) is 13.8. The van der Waals surface area contributed by atoms with Crippen LogP contribution < -0.4 is 0 Å². The molecule has 0 aromatic heterocycles. The van der Waals surface area contributed by atoms with Crippen molar-refractivity contribution in [3.05, 3.63) is 23.8 Å². The maximum Gasteiger partial charge on any atom is 0.284 e. The normalized spacial score (nSPS) is 48.3. The molecule has 41 heavy (non-hydrogen) atoms. The Hall–Kier alpha value is -1.17. The van der Waals surface area contributed by atoms with Crippen molar-refractivity contribution < 1.29 is 44.2 Å². The average molecular weight is 577 g/mol. The molecule has 4 N–H and O–H groups in total. The monoisotopic (exact) mass is 576 g/mol. The summed E-state index contributed by atoms with van der Waals surface area (Å²) in [4.78, 5) is 13.6. The number of hydrogen-bond acceptors (Lipinski definition) is 9. The van der Waals surface area contributed by atoms with Gasteiger partial charge in [-0.15, -0.1) is 0 Å². The van der Waals surface area contributed by atoms with Crippen molar-refractivity contribution in [2.75, 3.05) is 6.61 Å². The van der Waals surface area contributed by atoms with Crippen LogP contribution in [-0.2, 0) is 23.7 Å². The van der Waals surface area contributed by atoms with Crippen LogP contribution in [-0.4, -0.2) is 79.2 Å². The Kier molecular flexibility index (Phi) is 7.04. The van der Waals surface area contributed by atoms with Crippen LogP contribution in [0.25, 0.3) is 0 Å². The van der Waals surface area contributed by atoms with E-state index in [0.717, 1.165) is 24.8 Å². The predicted molar refractivity (Wildman–Crippen MR) is 148 cm³/mol. The minimum Gasteiger partial charge on any atom is -0.393 e. The highest BCUT2D eigenvalue weighted by atomic mass is 16.9. The Morgan fingerprint density at radius 3 is 2.24 bits per heavy atom. The summed E-state index contributed by atoms with van der Waals surface area (Å²) in [5, 5.41) is 45.9. The van der Waals surface area contributed by atoms with Crippen molar-refractivity contribution in [3.63, 3.8) is 0 Å². The number of rotatable bonds is 12. The fourth-order valence-corrected chi connectivity index (χ4v) is 9.24. The van der Waals surface area contributed by atoms with Gasteiger partial charge in [0.15, 0.2) is 17.0 Å². The molecule has 10 atom stereocenters. The summed E-state index contributed by atoms with van der Waals surface area (Å²) >= 11 is 0. The number of aliphatic hydroxyl groups excluding tert-OH is 1. The zero-order chi connectivity index (χ0) is 29.6. The number of epoxide rings is 1. The highest BCUT2D eigenvalue weighted by Crippen LogP contribution is 2.74. The molecule has 2 saturated carbocycles. The van der Waals surface area contributed by atoms with E-state index in [1.54, 1.807) is 13.0 Å². The minimum absolute atomic E-state index is 0.213. The van der Waals surface area contributed by atoms with Gasteiger partial charge in [-0.1, -0.05) is 77.9 Å². The van der Waals surface area contributed by atoms with E-state index in [9.17, 15) is 25.2 Å². The van der Waals surface area contributed by atoms with Crippen LogP contribution >= 0.6 is 0 Å². The first-order valence-electron chi connectivity index (χ1n) is 15.8. The van der Waals surface area contributed by atoms with Crippen LogP contribution in [0.2, 0.25) is 0 Å². The highest BCUT2D eigenvalue weighted by Gasteiger charge is 2.92. The van der Waals surface area contributed by atoms with E-state index in [1.165, 1.54) is 38.5 Å². The molecule has 9 nitrogen and oxygen atoms in total. The van der Waals surface area contributed by atoms with Crippen molar-refractivity contribution in [2.24, 2.45) is 17.8 Å². The standard InChI is InChI=1S/C32H48O9/c1-6-7-8-9-10-11-12-13-14-15-29-39-25-23-26-28(18-33,38-26)32(36,37)31(35)22(16-20(4)24(31)34)30(23,41-29)21(5)17-27(25,40-29)19(2)3/h16,21-23,25-26,33,35-37H,2,6-15,17-18H2,1,3-5H3/t21-,22+,23-,25-,26+,27-,28+,29+,30+,31-/m1/s1. The fraction of sp³-hybridized carbons (Fsp3) is 0.844. The Morgan fingerprint density at radius 1 is 1.00 bits per heavy atom. The molecule has 0 aromatic rings. The molecular formula is C32H48O9. The lowest BCUT2D eigenvalue weighted by Crippen LogP contribution is -2.74. The lowest BCUT2D eigenvalue weighted by Gasteiger charge is -2.60. The van der Waals surface area contributed by atoms with E-state index >= 15 is 0 Å². The number of aliphatic hydroxyl groups is 4. The third kappa shape index (κ3) is 3.61. The van der Waals surface area contributed by atoms with Gasteiger partial charge in [-0.05, 0) is 43.8 Å². The molecule has 3 saturated heterocycles. The van der Waals surface area contributed by atoms with Gasteiger partial charge in [-0.3, -0.25) is 4.79 Å². The average Bonchev–Trinajstić information content (AvgIpc) is 3.57. The first-order chi connectivity index (χ1) is 19.3. The Balaban J connectivity index is 1.35. The summed E-state index contributed by atoms with van der Waals surface area (Å²) in [5.41, 5.74) is -5.89. The number of ketones is 1. The van der Waals surface area contributed by atoms with Gasteiger partial charge >= 0.3 is 0 Å². The van der Waals surface area contributed by atoms with E-state index in [4.69, 9.17) is 18.9 Å². The van der Waals surface area contributed by atoms with Crippen LogP contribution in [0.4, 0.5) is 0 Å². The summed E-state index contributed by atoms with van der Waals surface area (Å²) in [5.74, 6) is -7.39. The topological polar surface area (TPSA) is 138 Å². The molecule has 0 amide bonds. The molecular weight excluding hydrogens is 528 g/mol. The first-order valence-corrected chi connectivity index (χ1v) is 15.8. The van der Waals surface area contributed by atoms with Crippen molar-refractivity contribution >= 4 is 5.78 Å². The molecule has 0 radical (unpaired) electrons. The number of fused-ring (bicyclic) bond motifs is 3. The van der Waals surface area contributed by atoms with Gasteiger partial charge in [0, 0.05) is 18.3 Å². The van der Waals surface area contributed by atoms with Crippen LogP contribution in [0.15, 0.2) is 23.8 Å². The van der Waals surface area contributed by atoms with Crippen LogP contribution in [0, 0.1) is 17.8 Å². The Bertz CT molecular complexity index is 1130. The van der Waals surface area contributed by atoms with Gasteiger partial charge in [0.05, 0.1) is 12.2 Å². The molecule has 6 rings (SSSR count). The van der Waals surface area contributed by atoms with Gasteiger partial charge in [0.2, 0.25) is 5.79 Å². The first kappa shape index (κ1) is 29.9. The molecule has 6 aliphatic rings. The van der Waals surface area contributed by atoms with Gasteiger partial charge in [0.1, 0.15) is 17.8 Å². The number of ether oxygens (including phenoxy) is 4. The second-order valence-corrected chi connectivity index (χ2v) is 13.8. The summed E-state index contributed by atoms with van der Waals surface area (Å²) in [6, 6.07) is 0. The SMILES string of the molecule is C=C(C)[C@]12C[C@@H](C)[C@@]34O[C@@](CCCCCCCCCCC)(O[C@@H]1[C@@H]3[C@@H]1O[C@]1(CO)C(O)(O)[C@]1(O)C(=O)C(C)=C[C@@H]41)O2. The van der Waals surface area contributed by atoms with Gasteiger partial charge in [-0.25, -0.2) is 0 Å². The van der Waals surface area contributed by atoms with E-state index in [-0.39, 0.29) is 11.5 Å². The number of Topliss-reactive ketones (excluding diaryl/α,β-unsaturated/α-hetero) is 1. The van der Waals surface area contributed by atoms with Crippen molar-refractivity contribution in [1.82, 2.24) is 0 Å². The van der Waals surface area contributed by atoms with E-state index in [0.29, 0.717) is 12.8 Å². The van der Waals surface area contributed by atoms with Crippen molar-refractivity contribution in [3.8, 4) is 0 Å².